The lowest BCUT2D eigenvalue weighted by Gasteiger charge is -2.20. The van der Waals surface area contributed by atoms with E-state index in [0.29, 0.717) is 22.7 Å². The Morgan fingerprint density at radius 3 is 2.48 bits per heavy atom. The van der Waals surface area contributed by atoms with Crippen molar-refractivity contribution in [3.63, 3.8) is 0 Å². The monoisotopic (exact) mass is 396 g/mol. The van der Waals surface area contributed by atoms with E-state index in [2.05, 4.69) is 5.32 Å². The molecule has 2 amide bonds. The molecular weight excluding hydrogens is 372 g/mol. The second-order valence-corrected chi connectivity index (χ2v) is 6.95. The van der Waals surface area contributed by atoms with E-state index in [1.54, 1.807) is 49.5 Å². The lowest BCUT2D eigenvalue weighted by atomic mass is 10.1. The molecule has 0 bridgehead atoms. The van der Waals surface area contributed by atoms with Crippen LogP contribution in [0.3, 0.4) is 0 Å². The van der Waals surface area contributed by atoms with Gasteiger partial charge in [0.15, 0.2) is 5.78 Å². The highest BCUT2D eigenvalue weighted by molar-refractivity contribution is 6.03. The fourth-order valence-electron chi connectivity index (χ4n) is 3.32. The van der Waals surface area contributed by atoms with Crippen LogP contribution in [0.4, 0.5) is 5.69 Å². The maximum atomic E-state index is 12.5. The van der Waals surface area contributed by atoms with Crippen LogP contribution in [0.25, 0.3) is 0 Å². The zero-order chi connectivity index (χ0) is 21.0. The number of ketones is 1. The van der Waals surface area contributed by atoms with Gasteiger partial charge in [-0.15, -0.1) is 0 Å². The molecule has 1 fully saturated rings. The van der Waals surface area contributed by atoms with E-state index in [-0.39, 0.29) is 37.1 Å². The van der Waals surface area contributed by atoms with E-state index in [9.17, 15) is 14.4 Å². The number of hydrogen-bond donors (Lipinski definition) is 1. The largest absolute Gasteiger partial charge is 0.497 e. The van der Waals surface area contributed by atoms with Crippen LogP contribution in [0.2, 0.25) is 0 Å². The van der Waals surface area contributed by atoms with Crippen molar-refractivity contribution in [2.75, 3.05) is 32.2 Å². The molecule has 0 aliphatic carbocycles. The molecule has 1 heterocycles. The van der Waals surface area contributed by atoms with Gasteiger partial charge in [0.2, 0.25) is 11.8 Å². The first-order chi connectivity index (χ1) is 13.9. The number of Topliss-reactive ketones (excluding diaryl/α,β-unsaturated/α-hetero) is 1. The topological polar surface area (TPSA) is 84.9 Å². The fraction of sp³-hybridized carbons (Fsp3) is 0.318. The predicted octanol–water partition coefficient (Wildman–Crippen LogP) is 2.36. The maximum Gasteiger partial charge on any atom is 0.227 e. The molecule has 1 N–H and O–H groups in total. The standard InChI is InChI=1S/C22H24N2O5/c1-14-4-9-20(29-3)18(10-14)24-13-16(11-21(24)26)22(27)23-12-19(25)15-5-7-17(28-2)8-6-15/h4-10,16H,11-13H2,1-3H3,(H,23,27). The smallest absolute Gasteiger partial charge is 0.227 e. The van der Waals surface area contributed by atoms with Crippen molar-refractivity contribution in [1.29, 1.82) is 0 Å². The molecule has 0 aromatic heterocycles. The quantitative estimate of drug-likeness (QED) is 0.727. The second-order valence-electron chi connectivity index (χ2n) is 6.95. The molecule has 2 aromatic carbocycles. The lowest BCUT2D eigenvalue weighted by molar-refractivity contribution is -0.126. The van der Waals surface area contributed by atoms with Crippen LogP contribution < -0.4 is 19.7 Å². The van der Waals surface area contributed by atoms with Gasteiger partial charge in [-0.25, -0.2) is 0 Å². The molecule has 7 nitrogen and oxygen atoms in total. The van der Waals surface area contributed by atoms with Crippen molar-refractivity contribution in [2.45, 2.75) is 13.3 Å². The van der Waals surface area contributed by atoms with Gasteiger partial charge in [0.1, 0.15) is 11.5 Å². The minimum atomic E-state index is -0.517. The van der Waals surface area contributed by atoms with Crippen molar-refractivity contribution < 1.29 is 23.9 Å². The van der Waals surface area contributed by atoms with Crippen molar-refractivity contribution >= 4 is 23.3 Å². The highest BCUT2D eigenvalue weighted by Gasteiger charge is 2.36. The average molecular weight is 396 g/mol. The third-order valence-electron chi connectivity index (χ3n) is 4.96. The number of ether oxygens (including phenoxy) is 2. The van der Waals surface area contributed by atoms with Gasteiger partial charge in [0, 0.05) is 18.5 Å². The average Bonchev–Trinajstić information content (AvgIpc) is 3.13. The van der Waals surface area contributed by atoms with Crippen molar-refractivity contribution in [2.24, 2.45) is 5.92 Å². The number of amides is 2. The van der Waals surface area contributed by atoms with E-state index in [0.717, 1.165) is 5.56 Å². The van der Waals surface area contributed by atoms with E-state index < -0.39 is 5.92 Å². The van der Waals surface area contributed by atoms with Crippen molar-refractivity contribution in [3.8, 4) is 11.5 Å². The Morgan fingerprint density at radius 2 is 1.83 bits per heavy atom. The highest BCUT2D eigenvalue weighted by atomic mass is 16.5. The van der Waals surface area contributed by atoms with E-state index in [1.165, 1.54) is 0 Å². The molecule has 1 aliphatic heterocycles. The molecule has 0 radical (unpaired) electrons. The number of hydrogen-bond acceptors (Lipinski definition) is 5. The first-order valence-electron chi connectivity index (χ1n) is 9.33. The summed E-state index contributed by atoms with van der Waals surface area (Å²) in [5, 5.41) is 2.65. The molecule has 29 heavy (non-hydrogen) atoms. The SMILES string of the molecule is COc1ccc(C(=O)CNC(=O)C2CC(=O)N(c3cc(C)ccc3OC)C2)cc1. The summed E-state index contributed by atoms with van der Waals surface area (Å²) in [6.07, 6.45) is 0.0969. The molecule has 0 spiro atoms. The van der Waals surface area contributed by atoms with Crippen LogP contribution in [0, 0.1) is 12.8 Å². The number of methoxy groups -OCH3 is 2. The van der Waals surface area contributed by atoms with Crippen LogP contribution >= 0.6 is 0 Å². The molecule has 0 saturated carbocycles. The molecule has 152 valence electrons. The summed E-state index contributed by atoms with van der Waals surface area (Å²) >= 11 is 0. The lowest BCUT2D eigenvalue weighted by Crippen LogP contribution is -2.36. The number of benzene rings is 2. The molecule has 1 atom stereocenters. The third-order valence-corrected chi connectivity index (χ3v) is 4.96. The minimum absolute atomic E-state index is 0.0969. The van der Waals surface area contributed by atoms with Crippen LogP contribution in [0.1, 0.15) is 22.3 Å². The fourth-order valence-corrected chi connectivity index (χ4v) is 3.32. The second kappa shape index (κ2) is 8.77. The predicted molar refractivity (Wildman–Crippen MR) is 109 cm³/mol. The van der Waals surface area contributed by atoms with E-state index in [1.807, 2.05) is 19.1 Å². The summed E-state index contributed by atoms with van der Waals surface area (Å²) in [6, 6.07) is 12.3. The number of carbonyl (C=O) groups is 3. The van der Waals surface area contributed by atoms with Gasteiger partial charge in [0.25, 0.3) is 0 Å². The molecule has 1 unspecified atom stereocenters. The molecule has 1 aliphatic rings. The summed E-state index contributed by atoms with van der Waals surface area (Å²) in [5.41, 5.74) is 2.13. The van der Waals surface area contributed by atoms with Gasteiger partial charge < -0.3 is 19.7 Å². The Bertz CT molecular complexity index is 923. The Morgan fingerprint density at radius 1 is 1.10 bits per heavy atom. The van der Waals surface area contributed by atoms with Gasteiger partial charge in [-0.2, -0.15) is 0 Å². The Hall–Kier alpha value is -3.35. The Balaban J connectivity index is 1.61. The summed E-state index contributed by atoms with van der Waals surface area (Å²) in [7, 11) is 3.10. The summed E-state index contributed by atoms with van der Waals surface area (Å²) in [6.45, 7) is 2.06. The van der Waals surface area contributed by atoms with Crippen LogP contribution in [0.15, 0.2) is 42.5 Å². The highest BCUT2D eigenvalue weighted by Crippen LogP contribution is 2.33. The van der Waals surface area contributed by atoms with Crippen LogP contribution in [-0.2, 0) is 9.59 Å². The van der Waals surface area contributed by atoms with E-state index >= 15 is 0 Å². The van der Waals surface area contributed by atoms with Crippen LogP contribution in [-0.4, -0.2) is 44.9 Å². The number of nitrogens with zero attached hydrogens (tertiary/aromatic N) is 1. The summed E-state index contributed by atoms with van der Waals surface area (Å²) in [4.78, 5) is 38.9. The molecule has 2 aromatic rings. The van der Waals surface area contributed by atoms with Gasteiger partial charge >= 0.3 is 0 Å². The minimum Gasteiger partial charge on any atom is -0.497 e. The van der Waals surface area contributed by atoms with Gasteiger partial charge in [-0.3, -0.25) is 14.4 Å². The zero-order valence-corrected chi connectivity index (χ0v) is 16.7. The number of anilines is 1. The molecule has 7 heteroatoms. The van der Waals surface area contributed by atoms with Crippen molar-refractivity contribution in [1.82, 2.24) is 5.32 Å². The summed E-state index contributed by atoms with van der Waals surface area (Å²) in [5.74, 6) is 0.0604. The maximum absolute atomic E-state index is 12.5. The number of aryl methyl sites for hydroxylation is 1. The Labute approximate surface area is 169 Å². The molecule has 3 rings (SSSR count). The number of carbonyl (C=O) groups excluding carboxylic acids is 3. The van der Waals surface area contributed by atoms with Gasteiger partial charge in [-0.05, 0) is 48.9 Å². The van der Waals surface area contributed by atoms with Gasteiger partial charge in [-0.1, -0.05) is 6.07 Å². The zero-order valence-electron chi connectivity index (χ0n) is 16.7. The third kappa shape index (κ3) is 4.56. The molecular formula is C22H24N2O5. The van der Waals surface area contributed by atoms with Crippen LogP contribution in [0.5, 0.6) is 11.5 Å². The number of rotatable bonds is 7. The van der Waals surface area contributed by atoms with E-state index in [4.69, 9.17) is 9.47 Å². The Kier molecular flexibility index (Phi) is 6.16. The summed E-state index contributed by atoms with van der Waals surface area (Å²) < 4.78 is 10.4. The first kappa shape index (κ1) is 20.4. The normalized spacial score (nSPS) is 15.9. The number of nitrogens with one attached hydrogen (secondary N) is 1. The molecule has 1 saturated heterocycles. The van der Waals surface area contributed by atoms with Gasteiger partial charge in [0.05, 0.1) is 32.4 Å². The first-order valence-corrected chi connectivity index (χ1v) is 9.33. The van der Waals surface area contributed by atoms with Crippen molar-refractivity contribution in [3.05, 3.63) is 53.6 Å².